The van der Waals surface area contributed by atoms with Crippen LogP contribution >= 0.6 is 0 Å². The maximum absolute atomic E-state index is 12.5. The normalized spacial score (nSPS) is 30.0. The zero-order chi connectivity index (χ0) is 23.9. The summed E-state index contributed by atoms with van der Waals surface area (Å²) in [5, 5.41) is 3.23. The highest BCUT2D eigenvalue weighted by Crippen LogP contribution is 2.49. The lowest BCUT2D eigenvalue weighted by Gasteiger charge is -2.50. The summed E-state index contributed by atoms with van der Waals surface area (Å²) < 4.78 is 5.34. The van der Waals surface area contributed by atoms with Gasteiger partial charge in [-0.3, -0.25) is 0 Å². The molecule has 1 spiro atoms. The van der Waals surface area contributed by atoms with Crippen molar-refractivity contribution < 1.29 is 14.3 Å². The van der Waals surface area contributed by atoms with Crippen molar-refractivity contribution in [2.24, 2.45) is 0 Å². The van der Waals surface area contributed by atoms with Gasteiger partial charge in [0.2, 0.25) is 0 Å². The van der Waals surface area contributed by atoms with Crippen molar-refractivity contribution in [2.45, 2.75) is 87.9 Å². The molecular formula is C27H40N4O3. The van der Waals surface area contributed by atoms with Crippen molar-refractivity contribution in [1.29, 1.82) is 0 Å². The van der Waals surface area contributed by atoms with Gasteiger partial charge in [0.1, 0.15) is 0 Å². The van der Waals surface area contributed by atoms with E-state index in [0.717, 1.165) is 51.6 Å². The Morgan fingerprint density at radius 1 is 1.03 bits per heavy atom. The summed E-state index contributed by atoms with van der Waals surface area (Å²) >= 11 is 0. The van der Waals surface area contributed by atoms with Gasteiger partial charge >= 0.3 is 12.1 Å². The number of carbonyl (C=O) groups is 2. The molecule has 3 fully saturated rings. The Labute approximate surface area is 203 Å². The van der Waals surface area contributed by atoms with Crippen LogP contribution in [0.4, 0.5) is 9.59 Å². The van der Waals surface area contributed by atoms with Gasteiger partial charge < -0.3 is 24.8 Å². The molecule has 0 aromatic heterocycles. The number of fused-ring (bicyclic) bond motifs is 4. The Morgan fingerprint density at radius 3 is 2.35 bits per heavy atom. The fourth-order valence-electron chi connectivity index (χ4n) is 7.20. The van der Waals surface area contributed by atoms with Gasteiger partial charge in [-0.15, -0.1) is 0 Å². The molecule has 3 amide bonds. The number of amides is 3. The van der Waals surface area contributed by atoms with E-state index in [4.69, 9.17) is 4.74 Å². The SMILES string of the molecule is CCOC(=O)N1C2CCC1CC(N1CCC3(CC[C@@H](NC(=O)N(C)C)c4ccccc43)CC1)C2. The molecule has 3 saturated heterocycles. The number of urea groups is 1. The van der Waals surface area contributed by atoms with Gasteiger partial charge in [-0.25, -0.2) is 9.59 Å². The smallest absolute Gasteiger partial charge is 0.410 e. The van der Waals surface area contributed by atoms with Gasteiger partial charge in [-0.2, -0.15) is 0 Å². The summed E-state index contributed by atoms with van der Waals surface area (Å²) in [5.41, 5.74) is 2.97. The van der Waals surface area contributed by atoms with Crippen molar-refractivity contribution in [3.05, 3.63) is 35.4 Å². The van der Waals surface area contributed by atoms with E-state index in [-0.39, 0.29) is 23.6 Å². The molecule has 34 heavy (non-hydrogen) atoms. The molecule has 1 N–H and O–H groups in total. The average molecular weight is 469 g/mol. The lowest BCUT2D eigenvalue weighted by Crippen LogP contribution is -2.55. The fourth-order valence-corrected chi connectivity index (χ4v) is 7.20. The molecule has 3 aliphatic heterocycles. The van der Waals surface area contributed by atoms with E-state index in [1.54, 1.807) is 19.0 Å². The van der Waals surface area contributed by atoms with Crippen molar-refractivity contribution in [1.82, 2.24) is 20.0 Å². The predicted octanol–water partition coefficient (Wildman–Crippen LogP) is 4.28. The van der Waals surface area contributed by atoms with Gasteiger partial charge in [0.15, 0.2) is 0 Å². The third kappa shape index (κ3) is 4.16. The molecule has 3 heterocycles. The van der Waals surface area contributed by atoms with Crippen LogP contribution < -0.4 is 5.32 Å². The van der Waals surface area contributed by atoms with Gasteiger partial charge in [0.25, 0.3) is 0 Å². The number of piperidine rings is 2. The molecule has 7 nitrogen and oxygen atoms in total. The van der Waals surface area contributed by atoms with E-state index in [2.05, 4.69) is 34.5 Å². The highest BCUT2D eigenvalue weighted by Gasteiger charge is 2.48. The van der Waals surface area contributed by atoms with Gasteiger partial charge in [0.05, 0.1) is 12.6 Å². The topological polar surface area (TPSA) is 65.1 Å². The molecule has 2 unspecified atom stereocenters. The van der Waals surface area contributed by atoms with E-state index < -0.39 is 0 Å². The first-order valence-corrected chi connectivity index (χ1v) is 13.2. The maximum atomic E-state index is 12.5. The Bertz CT molecular complexity index is 897. The van der Waals surface area contributed by atoms with Crippen LogP contribution in [0.25, 0.3) is 0 Å². The quantitative estimate of drug-likeness (QED) is 0.719. The summed E-state index contributed by atoms with van der Waals surface area (Å²) in [4.78, 5) is 31.2. The third-order valence-corrected chi connectivity index (χ3v) is 8.98. The van der Waals surface area contributed by atoms with E-state index >= 15 is 0 Å². The number of hydrogen-bond acceptors (Lipinski definition) is 4. The number of nitrogens with zero attached hydrogens (tertiary/aromatic N) is 3. The van der Waals surface area contributed by atoms with Crippen LogP contribution in [0.3, 0.4) is 0 Å². The number of carbonyl (C=O) groups excluding carboxylic acids is 2. The standard InChI is InChI=1S/C27H40N4O3/c1-4-34-26(33)31-19-9-10-20(31)18-21(17-19)30-15-13-27(14-16-30)12-11-24(28-25(32)29(2)3)22-7-5-6-8-23(22)27/h5-8,19-21,24H,4,9-18H2,1-3H3,(H,28,32)/t19?,20?,21?,24-/m1/s1. The summed E-state index contributed by atoms with van der Waals surface area (Å²) in [6.07, 6.45) is 8.76. The monoisotopic (exact) mass is 468 g/mol. The molecule has 1 aromatic carbocycles. The lowest BCUT2D eigenvalue weighted by atomic mass is 9.63. The molecule has 0 saturated carbocycles. The highest BCUT2D eigenvalue weighted by molar-refractivity contribution is 5.74. The van der Waals surface area contributed by atoms with Crippen molar-refractivity contribution in [3.63, 3.8) is 0 Å². The molecule has 3 atom stereocenters. The molecule has 4 aliphatic rings. The first kappa shape index (κ1) is 23.5. The van der Waals surface area contributed by atoms with Crippen LogP contribution in [0.15, 0.2) is 24.3 Å². The van der Waals surface area contributed by atoms with E-state index in [0.29, 0.717) is 24.7 Å². The highest BCUT2D eigenvalue weighted by atomic mass is 16.6. The van der Waals surface area contributed by atoms with E-state index in [9.17, 15) is 9.59 Å². The zero-order valence-corrected chi connectivity index (χ0v) is 21.0. The molecule has 0 radical (unpaired) electrons. The summed E-state index contributed by atoms with van der Waals surface area (Å²) in [5.74, 6) is 0. The molecule has 2 bridgehead atoms. The van der Waals surface area contributed by atoms with Crippen molar-refractivity contribution in [2.75, 3.05) is 33.8 Å². The third-order valence-electron chi connectivity index (χ3n) is 8.98. The largest absolute Gasteiger partial charge is 0.450 e. The minimum absolute atomic E-state index is 0.0191. The number of ether oxygens (including phenoxy) is 1. The second-order valence-electron chi connectivity index (χ2n) is 11.0. The minimum atomic E-state index is -0.110. The van der Waals surface area contributed by atoms with Gasteiger partial charge in [0, 0.05) is 32.2 Å². The minimum Gasteiger partial charge on any atom is -0.450 e. The van der Waals surface area contributed by atoms with E-state index in [1.165, 1.54) is 24.0 Å². The number of nitrogens with one attached hydrogen (secondary N) is 1. The Balaban J connectivity index is 1.25. The maximum Gasteiger partial charge on any atom is 0.410 e. The Morgan fingerprint density at radius 2 is 1.71 bits per heavy atom. The molecule has 7 heteroatoms. The zero-order valence-electron chi connectivity index (χ0n) is 21.0. The van der Waals surface area contributed by atoms with E-state index in [1.807, 2.05) is 11.8 Å². The van der Waals surface area contributed by atoms with Gasteiger partial charge in [-0.05, 0) is 87.9 Å². The van der Waals surface area contributed by atoms with Crippen LogP contribution in [0.2, 0.25) is 0 Å². The van der Waals surface area contributed by atoms with Crippen molar-refractivity contribution in [3.8, 4) is 0 Å². The number of likely N-dealkylation sites (tertiary alicyclic amines) is 1. The average Bonchev–Trinajstić information content (AvgIpc) is 3.11. The second-order valence-corrected chi connectivity index (χ2v) is 11.0. The summed E-state index contributed by atoms with van der Waals surface area (Å²) in [6, 6.07) is 10.1. The fraction of sp³-hybridized carbons (Fsp3) is 0.704. The first-order valence-electron chi connectivity index (χ1n) is 13.2. The van der Waals surface area contributed by atoms with Crippen LogP contribution in [0, 0.1) is 0 Å². The molecule has 1 aliphatic carbocycles. The van der Waals surface area contributed by atoms with Crippen LogP contribution in [-0.2, 0) is 10.2 Å². The molecule has 5 rings (SSSR count). The molecular weight excluding hydrogens is 428 g/mol. The first-order chi connectivity index (χ1) is 16.4. The molecule has 1 aromatic rings. The Hall–Kier alpha value is -2.28. The summed E-state index contributed by atoms with van der Waals surface area (Å²) in [7, 11) is 3.59. The number of hydrogen-bond donors (Lipinski definition) is 1. The number of rotatable bonds is 3. The second kappa shape index (κ2) is 9.40. The van der Waals surface area contributed by atoms with Crippen LogP contribution in [0.5, 0.6) is 0 Å². The van der Waals surface area contributed by atoms with Crippen LogP contribution in [-0.4, -0.2) is 78.7 Å². The lowest BCUT2D eigenvalue weighted by molar-refractivity contribution is 0.0247. The van der Waals surface area contributed by atoms with Gasteiger partial charge in [-0.1, -0.05) is 24.3 Å². The Kier molecular flexibility index (Phi) is 6.49. The van der Waals surface area contributed by atoms with Crippen LogP contribution in [0.1, 0.15) is 75.5 Å². The number of benzene rings is 1. The molecule has 186 valence electrons. The van der Waals surface area contributed by atoms with Crippen molar-refractivity contribution >= 4 is 12.1 Å². The predicted molar refractivity (Wildman–Crippen MR) is 132 cm³/mol. The summed E-state index contributed by atoms with van der Waals surface area (Å²) in [6.45, 7) is 4.57.